The van der Waals surface area contributed by atoms with Crippen LogP contribution in [0.15, 0.2) is 29.8 Å². The second-order valence-electron chi connectivity index (χ2n) is 4.33. The van der Waals surface area contributed by atoms with Gasteiger partial charge in [-0.3, -0.25) is 4.79 Å². The molecule has 0 fully saturated rings. The Kier molecular flexibility index (Phi) is 3.77. The molecule has 0 aliphatic rings. The molecule has 2 rings (SSSR count). The molecule has 0 N–H and O–H groups in total. The summed E-state index contributed by atoms with van der Waals surface area (Å²) < 4.78 is 0. The van der Waals surface area contributed by atoms with Gasteiger partial charge in [-0.2, -0.15) is 0 Å². The summed E-state index contributed by atoms with van der Waals surface area (Å²) in [6, 6.07) is 6.33. The first kappa shape index (κ1) is 12.8. The summed E-state index contributed by atoms with van der Waals surface area (Å²) in [6.45, 7) is 4.13. The number of pyridine rings is 1. The molecule has 2 heterocycles. The van der Waals surface area contributed by atoms with Crippen molar-refractivity contribution in [3.8, 4) is 0 Å². The van der Waals surface area contributed by atoms with Crippen molar-refractivity contribution in [1.82, 2.24) is 4.98 Å². The smallest absolute Gasteiger partial charge is 0.151 e. The normalized spacial score (nSPS) is 12.2. The Morgan fingerprint density at radius 2 is 2.28 bits per heavy atom. The van der Waals surface area contributed by atoms with E-state index >= 15 is 0 Å². The average molecular weight is 260 g/mol. The maximum Gasteiger partial charge on any atom is 0.151 e. The van der Waals surface area contributed by atoms with Gasteiger partial charge in [0.25, 0.3) is 0 Å². The van der Waals surface area contributed by atoms with Crippen LogP contribution in [0.1, 0.15) is 33.8 Å². The van der Waals surface area contributed by atoms with Gasteiger partial charge in [0.2, 0.25) is 0 Å². The summed E-state index contributed by atoms with van der Waals surface area (Å²) >= 11 is 1.74. The minimum atomic E-state index is 0.276. The standard InChI is InChI=1S/C14H16N2OS/c1-10-7-12(9-17)8-15-14(10)16(3)11(2)13-5-4-6-18-13/h4-9,11H,1-3H3. The minimum Gasteiger partial charge on any atom is -0.352 e. The van der Waals surface area contributed by atoms with Crippen molar-refractivity contribution in [3.63, 3.8) is 0 Å². The summed E-state index contributed by atoms with van der Waals surface area (Å²) in [5.74, 6) is 0.918. The molecule has 2 aromatic rings. The Morgan fingerprint density at radius 3 is 2.83 bits per heavy atom. The van der Waals surface area contributed by atoms with Gasteiger partial charge in [-0.1, -0.05) is 6.07 Å². The number of aromatic nitrogens is 1. The fourth-order valence-corrected chi connectivity index (χ4v) is 2.75. The molecular weight excluding hydrogens is 244 g/mol. The van der Waals surface area contributed by atoms with Crippen molar-refractivity contribution in [2.45, 2.75) is 19.9 Å². The van der Waals surface area contributed by atoms with Crippen molar-refractivity contribution >= 4 is 23.4 Å². The van der Waals surface area contributed by atoms with Crippen LogP contribution in [-0.4, -0.2) is 18.3 Å². The number of carbonyl (C=O) groups is 1. The van der Waals surface area contributed by atoms with E-state index in [1.165, 1.54) is 4.88 Å². The molecule has 0 spiro atoms. The number of aldehydes is 1. The van der Waals surface area contributed by atoms with Crippen molar-refractivity contribution in [2.24, 2.45) is 0 Å². The molecule has 4 heteroatoms. The van der Waals surface area contributed by atoms with Gasteiger partial charge in [0, 0.05) is 23.7 Å². The van der Waals surface area contributed by atoms with Gasteiger partial charge in [-0.05, 0) is 36.9 Å². The second kappa shape index (κ2) is 5.31. The van der Waals surface area contributed by atoms with Crippen LogP contribution in [0.2, 0.25) is 0 Å². The van der Waals surface area contributed by atoms with E-state index in [9.17, 15) is 4.79 Å². The highest BCUT2D eigenvalue weighted by Crippen LogP contribution is 2.28. The summed E-state index contributed by atoms with van der Waals surface area (Å²) in [5.41, 5.74) is 1.64. The third kappa shape index (κ3) is 2.43. The molecule has 0 saturated heterocycles. The zero-order valence-electron chi connectivity index (χ0n) is 10.8. The van der Waals surface area contributed by atoms with Crippen LogP contribution >= 0.6 is 11.3 Å². The van der Waals surface area contributed by atoms with Crippen LogP contribution in [0.4, 0.5) is 5.82 Å². The lowest BCUT2D eigenvalue weighted by atomic mass is 10.2. The number of aryl methyl sites for hydroxylation is 1. The van der Waals surface area contributed by atoms with Crippen LogP contribution < -0.4 is 4.90 Å². The van der Waals surface area contributed by atoms with Gasteiger partial charge in [0.15, 0.2) is 6.29 Å². The monoisotopic (exact) mass is 260 g/mol. The highest BCUT2D eigenvalue weighted by molar-refractivity contribution is 7.10. The van der Waals surface area contributed by atoms with Crippen LogP contribution in [0.5, 0.6) is 0 Å². The minimum absolute atomic E-state index is 0.276. The molecule has 1 unspecified atom stereocenters. The molecule has 0 amide bonds. The lowest BCUT2D eigenvalue weighted by Gasteiger charge is -2.26. The predicted molar refractivity (Wildman–Crippen MR) is 75.5 cm³/mol. The van der Waals surface area contributed by atoms with E-state index in [1.807, 2.05) is 20.0 Å². The topological polar surface area (TPSA) is 33.2 Å². The van der Waals surface area contributed by atoms with Crippen LogP contribution in [-0.2, 0) is 0 Å². The van der Waals surface area contributed by atoms with E-state index in [4.69, 9.17) is 0 Å². The first-order valence-electron chi connectivity index (χ1n) is 5.81. The lowest BCUT2D eigenvalue weighted by molar-refractivity contribution is 0.112. The molecule has 1 atom stereocenters. The molecule has 0 saturated carbocycles. The fraction of sp³-hybridized carbons (Fsp3) is 0.286. The van der Waals surface area contributed by atoms with Gasteiger partial charge in [-0.25, -0.2) is 4.98 Å². The fourth-order valence-electron chi connectivity index (χ4n) is 1.93. The molecule has 0 radical (unpaired) electrons. The van der Waals surface area contributed by atoms with Crippen molar-refractivity contribution in [1.29, 1.82) is 0 Å². The molecule has 0 aromatic carbocycles. The van der Waals surface area contributed by atoms with Crippen molar-refractivity contribution in [2.75, 3.05) is 11.9 Å². The van der Waals surface area contributed by atoms with Crippen LogP contribution in [0, 0.1) is 6.92 Å². The number of thiophene rings is 1. The highest BCUT2D eigenvalue weighted by atomic mass is 32.1. The maximum atomic E-state index is 10.7. The number of rotatable bonds is 4. The van der Waals surface area contributed by atoms with E-state index < -0.39 is 0 Å². The Hall–Kier alpha value is -1.68. The van der Waals surface area contributed by atoms with E-state index in [-0.39, 0.29) is 6.04 Å². The lowest BCUT2D eigenvalue weighted by Crippen LogP contribution is -2.22. The summed E-state index contributed by atoms with van der Waals surface area (Å²) in [7, 11) is 2.03. The van der Waals surface area contributed by atoms with Crippen LogP contribution in [0.3, 0.4) is 0 Å². The Morgan fingerprint density at radius 1 is 1.50 bits per heavy atom. The van der Waals surface area contributed by atoms with E-state index in [0.717, 1.165) is 17.7 Å². The maximum absolute atomic E-state index is 10.7. The first-order valence-corrected chi connectivity index (χ1v) is 6.69. The first-order chi connectivity index (χ1) is 8.63. The van der Waals surface area contributed by atoms with E-state index in [2.05, 4.69) is 34.3 Å². The molecule has 0 bridgehead atoms. The number of carbonyl (C=O) groups excluding carboxylic acids is 1. The summed E-state index contributed by atoms with van der Waals surface area (Å²) in [4.78, 5) is 18.5. The number of hydrogen-bond acceptors (Lipinski definition) is 4. The molecule has 0 aliphatic carbocycles. The third-order valence-corrected chi connectivity index (χ3v) is 4.12. The second-order valence-corrected chi connectivity index (χ2v) is 5.31. The third-order valence-electron chi connectivity index (χ3n) is 3.08. The quantitative estimate of drug-likeness (QED) is 0.789. The van der Waals surface area contributed by atoms with Crippen LogP contribution in [0.25, 0.3) is 0 Å². The van der Waals surface area contributed by atoms with Gasteiger partial charge >= 0.3 is 0 Å². The number of anilines is 1. The predicted octanol–water partition coefficient (Wildman–Crippen LogP) is 3.46. The van der Waals surface area contributed by atoms with Gasteiger partial charge in [0.1, 0.15) is 5.82 Å². The average Bonchev–Trinajstić information content (AvgIpc) is 2.90. The van der Waals surface area contributed by atoms with Crippen molar-refractivity contribution < 1.29 is 4.79 Å². The Balaban J connectivity index is 2.28. The highest BCUT2D eigenvalue weighted by Gasteiger charge is 2.16. The zero-order valence-corrected chi connectivity index (χ0v) is 11.6. The van der Waals surface area contributed by atoms with Crippen molar-refractivity contribution in [3.05, 3.63) is 45.8 Å². The van der Waals surface area contributed by atoms with Gasteiger partial charge in [-0.15, -0.1) is 11.3 Å². The van der Waals surface area contributed by atoms with Gasteiger partial charge in [0.05, 0.1) is 6.04 Å². The molecule has 2 aromatic heterocycles. The Bertz CT molecular complexity index is 537. The number of hydrogen-bond donors (Lipinski definition) is 0. The molecule has 0 aliphatic heterocycles. The summed E-state index contributed by atoms with van der Waals surface area (Å²) in [6.07, 6.45) is 2.44. The number of nitrogens with zero attached hydrogens (tertiary/aromatic N) is 2. The molecule has 3 nitrogen and oxygen atoms in total. The van der Waals surface area contributed by atoms with E-state index in [1.54, 1.807) is 17.5 Å². The molecule has 94 valence electrons. The molecular formula is C14H16N2OS. The zero-order chi connectivity index (χ0) is 13.1. The SMILES string of the molecule is Cc1cc(C=O)cnc1N(C)C(C)c1cccs1. The Labute approximate surface area is 111 Å². The molecule has 18 heavy (non-hydrogen) atoms. The largest absolute Gasteiger partial charge is 0.352 e. The van der Waals surface area contributed by atoms with E-state index in [0.29, 0.717) is 5.56 Å². The van der Waals surface area contributed by atoms with Gasteiger partial charge < -0.3 is 4.90 Å². The summed E-state index contributed by atoms with van der Waals surface area (Å²) in [5, 5.41) is 2.08.